The Morgan fingerprint density at radius 2 is 1.66 bits per heavy atom. The van der Waals surface area contributed by atoms with Gasteiger partial charge >= 0.3 is 0 Å². The maximum absolute atomic E-state index is 13.0. The van der Waals surface area contributed by atoms with Crippen LogP contribution in [0, 0.1) is 13.8 Å². The average molecular weight is 460 g/mol. The molecule has 1 saturated heterocycles. The maximum Gasteiger partial charge on any atom is 0.251 e. The van der Waals surface area contributed by atoms with Crippen LogP contribution in [-0.4, -0.2) is 68.8 Å². The highest BCUT2D eigenvalue weighted by atomic mass is 32.2. The number of nitrogens with one attached hydrogen (secondary N) is 1. The molecule has 8 nitrogen and oxygen atoms in total. The molecule has 9 heteroatoms. The summed E-state index contributed by atoms with van der Waals surface area (Å²) >= 11 is 0. The van der Waals surface area contributed by atoms with Crippen LogP contribution < -0.4 is 10.1 Å². The van der Waals surface area contributed by atoms with Gasteiger partial charge in [-0.15, -0.1) is 0 Å². The fourth-order valence-corrected chi connectivity index (χ4v) is 5.27. The van der Waals surface area contributed by atoms with E-state index in [1.165, 1.54) is 4.31 Å². The molecule has 1 aliphatic heterocycles. The molecule has 2 aromatic carbocycles. The average Bonchev–Trinajstić information content (AvgIpc) is 2.78. The van der Waals surface area contributed by atoms with Gasteiger partial charge in [0.1, 0.15) is 5.75 Å². The van der Waals surface area contributed by atoms with Crippen molar-refractivity contribution in [3.8, 4) is 5.75 Å². The van der Waals surface area contributed by atoms with Gasteiger partial charge in [-0.05, 0) is 56.7 Å². The minimum Gasteiger partial charge on any atom is -0.494 e. The second kappa shape index (κ2) is 10.1. The number of benzene rings is 2. The molecule has 3 rings (SSSR count). The third-order valence-corrected chi connectivity index (χ3v) is 7.43. The standard InChI is InChI=1S/C23H29N3O5S/c1-4-31-20-8-6-19(7-9-20)23(28)24-16-22(27)25-11-13-26(14-12-25)32(29,30)21-10-5-17(2)15-18(21)3/h5-10,15H,4,11-14,16H2,1-3H3,(H,24,28). The molecule has 0 aliphatic carbocycles. The van der Waals surface area contributed by atoms with Gasteiger partial charge in [0, 0.05) is 31.7 Å². The Bertz CT molecular complexity index is 1080. The first-order valence-electron chi connectivity index (χ1n) is 10.6. The molecule has 172 valence electrons. The molecule has 32 heavy (non-hydrogen) atoms. The second-order valence-electron chi connectivity index (χ2n) is 7.69. The van der Waals surface area contributed by atoms with Gasteiger partial charge in [0.25, 0.3) is 5.91 Å². The SMILES string of the molecule is CCOc1ccc(C(=O)NCC(=O)N2CCN(S(=O)(=O)c3ccc(C)cc3C)CC2)cc1. The number of sulfonamides is 1. The summed E-state index contributed by atoms with van der Waals surface area (Å²) in [5, 5.41) is 2.62. The van der Waals surface area contributed by atoms with Crippen LogP contribution in [0.15, 0.2) is 47.4 Å². The molecule has 2 aromatic rings. The molecule has 0 atom stereocenters. The number of carbonyl (C=O) groups excluding carboxylic acids is 2. The lowest BCUT2D eigenvalue weighted by molar-refractivity contribution is -0.131. The summed E-state index contributed by atoms with van der Waals surface area (Å²) in [7, 11) is -3.61. The Hall–Kier alpha value is -2.91. The van der Waals surface area contributed by atoms with Crippen LogP contribution >= 0.6 is 0 Å². The van der Waals surface area contributed by atoms with Crippen molar-refractivity contribution in [2.45, 2.75) is 25.7 Å². The minimum absolute atomic E-state index is 0.143. The van der Waals surface area contributed by atoms with Crippen molar-refractivity contribution in [2.24, 2.45) is 0 Å². The molecule has 1 N–H and O–H groups in total. The second-order valence-corrected chi connectivity index (χ2v) is 9.60. The van der Waals surface area contributed by atoms with Crippen molar-refractivity contribution in [3.63, 3.8) is 0 Å². The maximum atomic E-state index is 13.0. The van der Waals surface area contributed by atoms with E-state index in [2.05, 4.69) is 5.32 Å². The summed E-state index contributed by atoms with van der Waals surface area (Å²) in [6.45, 7) is 6.97. The number of carbonyl (C=O) groups is 2. The molecule has 1 aliphatic rings. The highest BCUT2D eigenvalue weighted by molar-refractivity contribution is 7.89. The van der Waals surface area contributed by atoms with E-state index in [0.29, 0.717) is 28.4 Å². The lowest BCUT2D eigenvalue weighted by Crippen LogP contribution is -2.52. The van der Waals surface area contributed by atoms with Crippen LogP contribution in [0.3, 0.4) is 0 Å². The Labute approximate surface area is 189 Å². The Kier molecular flexibility index (Phi) is 7.52. The van der Waals surface area contributed by atoms with Gasteiger partial charge in [0.15, 0.2) is 0 Å². The molecule has 2 amide bonds. The van der Waals surface area contributed by atoms with Crippen molar-refractivity contribution in [3.05, 3.63) is 59.2 Å². The number of amides is 2. The van der Waals surface area contributed by atoms with Crippen LogP contribution in [0.1, 0.15) is 28.4 Å². The number of nitrogens with zero attached hydrogens (tertiary/aromatic N) is 2. The van der Waals surface area contributed by atoms with E-state index < -0.39 is 10.0 Å². The van der Waals surface area contributed by atoms with Gasteiger partial charge in [0.05, 0.1) is 18.0 Å². The van der Waals surface area contributed by atoms with Crippen molar-refractivity contribution in [1.29, 1.82) is 0 Å². The number of aryl methyl sites for hydroxylation is 2. The van der Waals surface area contributed by atoms with Crippen LogP contribution in [0.25, 0.3) is 0 Å². The van der Waals surface area contributed by atoms with E-state index >= 15 is 0 Å². The summed E-state index contributed by atoms with van der Waals surface area (Å²) < 4.78 is 32.7. The number of piperazine rings is 1. The Morgan fingerprint density at radius 1 is 1.00 bits per heavy atom. The van der Waals surface area contributed by atoms with Gasteiger partial charge in [-0.25, -0.2) is 8.42 Å². The van der Waals surface area contributed by atoms with Gasteiger partial charge in [-0.2, -0.15) is 4.31 Å². The zero-order chi connectivity index (χ0) is 23.3. The van der Waals surface area contributed by atoms with Gasteiger partial charge in [-0.1, -0.05) is 17.7 Å². The Balaban J connectivity index is 1.52. The predicted octanol–water partition coefficient (Wildman–Crippen LogP) is 1.97. The molecular formula is C23H29N3O5S. The zero-order valence-electron chi connectivity index (χ0n) is 18.6. The molecule has 0 aromatic heterocycles. The van der Waals surface area contributed by atoms with Crippen LogP contribution in [0.4, 0.5) is 0 Å². The number of hydrogen-bond acceptors (Lipinski definition) is 5. The molecule has 0 spiro atoms. The lowest BCUT2D eigenvalue weighted by atomic mass is 10.2. The highest BCUT2D eigenvalue weighted by Gasteiger charge is 2.31. The summed E-state index contributed by atoms with van der Waals surface area (Å²) in [4.78, 5) is 26.7. The number of ether oxygens (including phenoxy) is 1. The van der Waals surface area contributed by atoms with Crippen LogP contribution in [-0.2, 0) is 14.8 Å². The van der Waals surface area contributed by atoms with E-state index in [1.54, 1.807) is 48.2 Å². The number of rotatable bonds is 7. The van der Waals surface area contributed by atoms with Crippen LogP contribution in [0.5, 0.6) is 5.75 Å². The molecule has 1 heterocycles. The van der Waals surface area contributed by atoms with E-state index in [1.807, 2.05) is 19.9 Å². The molecule has 1 fully saturated rings. The molecule has 0 unspecified atom stereocenters. The molecule has 0 bridgehead atoms. The first kappa shape index (κ1) is 23.7. The summed E-state index contributed by atoms with van der Waals surface area (Å²) in [6, 6.07) is 12.0. The lowest BCUT2D eigenvalue weighted by Gasteiger charge is -2.34. The number of hydrogen-bond donors (Lipinski definition) is 1. The van der Waals surface area contributed by atoms with Crippen LogP contribution in [0.2, 0.25) is 0 Å². The van der Waals surface area contributed by atoms with Gasteiger partial charge in [0.2, 0.25) is 15.9 Å². The van der Waals surface area contributed by atoms with E-state index in [-0.39, 0.29) is 44.5 Å². The minimum atomic E-state index is -3.61. The van der Waals surface area contributed by atoms with Gasteiger partial charge in [-0.3, -0.25) is 9.59 Å². The summed E-state index contributed by atoms with van der Waals surface area (Å²) in [5.74, 6) is 0.0825. The van der Waals surface area contributed by atoms with Crippen molar-refractivity contribution in [2.75, 3.05) is 39.3 Å². The summed E-state index contributed by atoms with van der Waals surface area (Å²) in [6.07, 6.45) is 0. The largest absolute Gasteiger partial charge is 0.494 e. The van der Waals surface area contributed by atoms with Crippen molar-refractivity contribution >= 4 is 21.8 Å². The highest BCUT2D eigenvalue weighted by Crippen LogP contribution is 2.22. The topological polar surface area (TPSA) is 96.0 Å². The normalized spacial score (nSPS) is 14.8. The first-order valence-corrected chi connectivity index (χ1v) is 12.0. The van der Waals surface area contributed by atoms with Crippen molar-refractivity contribution < 1.29 is 22.7 Å². The monoisotopic (exact) mass is 459 g/mol. The molecule has 0 radical (unpaired) electrons. The third kappa shape index (κ3) is 5.46. The third-order valence-electron chi connectivity index (χ3n) is 5.37. The fraction of sp³-hybridized carbons (Fsp3) is 0.391. The quantitative estimate of drug-likeness (QED) is 0.683. The van der Waals surface area contributed by atoms with E-state index in [4.69, 9.17) is 4.74 Å². The molecule has 0 saturated carbocycles. The van der Waals surface area contributed by atoms with Crippen molar-refractivity contribution in [1.82, 2.24) is 14.5 Å². The van der Waals surface area contributed by atoms with Gasteiger partial charge < -0.3 is 15.0 Å². The first-order chi connectivity index (χ1) is 15.2. The molecular weight excluding hydrogens is 430 g/mol. The Morgan fingerprint density at radius 3 is 2.25 bits per heavy atom. The predicted molar refractivity (Wildman–Crippen MR) is 121 cm³/mol. The zero-order valence-corrected chi connectivity index (χ0v) is 19.4. The van der Waals surface area contributed by atoms with E-state index in [9.17, 15) is 18.0 Å². The fourth-order valence-electron chi connectivity index (χ4n) is 3.64. The summed E-state index contributed by atoms with van der Waals surface area (Å²) in [5.41, 5.74) is 2.15. The van der Waals surface area contributed by atoms with E-state index in [0.717, 1.165) is 5.56 Å². The smallest absolute Gasteiger partial charge is 0.251 e.